The fourth-order valence-corrected chi connectivity index (χ4v) is 3.45. The Morgan fingerprint density at radius 3 is 2.92 bits per heavy atom. The second-order valence-corrected chi connectivity index (χ2v) is 6.35. The van der Waals surface area contributed by atoms with Crippen LogP contribution in [-0.2, 0) is 4.74 Å². The number of H-pyrrole nitrogens is 2. The van der Waals surface area contributed by atoms with Crippen LogP contribution in [0, 0.1) is 13.8 Å². The normalized spacial score (nSPS) is 17.5. The third-order valence-corrected chi connectivity index (χ3v) is 4.71. The molecule has 1 amide bonds. The minimum atomic E-state index is -0.149. The zero-order valence-electron chi connectivity index (χ0n) is 14.7. The monoisotopic (exact) mass is 352 g/mol. The molecule has 1 atom stereocenters. The Hall–Kier alpha value is -3.00. The van der Waals surface area contributed by atoms with Gasteiger partial charge in [0.2, 0.25) is 0 Å². The van der Waals surface area contributed by atoms with Crippen molar-refractivity contribution in [1.82, 2.24) is 30.3 Å². The van der Waals surface area contributed by atoms with Gasteiger partial charge in [0.05, 0.1) is 24.9 Å². The van der Waals surface area contributed by atoms with E-state index in [4.69, 9.17) is 4.74 Å². The molecule has 3 aromatic rings. The second-order valence-electron chi connectivity index (χ2n) is 6.35. The van der Waals surface area contributed by atoms with Crippen molar-refractivity contribution in [2.75, 3.05) is 19.8 Å². The van der Waals surface area contributed by atoms with Gasteiger partial charge in [-0.05, 0) is 26.0 Å². The SMILES string of the molecule is Cc1n[nH]c(C)c1C1COCCN1C(=O)c1cccc(-c2ncn[nH]2)c1. The smallest absolute Gasteiger partial charge is 0.254 e. The van der Waals surface area contributed by atoms with E-state index in [1.54, 1.807) is 0 Å². The van der Waals surface area contributed by atoms with Crippen molar-refractivity contribution in [2.45, 2.75) is 19.9 Å². The highest BCUT2D eigenvalue weighted by atomic mass is 16.5. The van der Waals surface area contributed by atoms with Crippen LogP contribution in [-0.4, -0.2) is 55.9 Å². The maximum atomic E-state index is 13.2. The molecule has 1 aromatic carbocycles. The number of ether oxygens (including phenoxy) is 1. The van der Waals surface area contributed by atoms with E-state index in [0.717, 1.165) is 22.5 Å². The molecule has 3 heterocycles. The molecule has 2 N–H and O–H groups in total. The summed E-state index contributed by atoms with van der Waals surface area (Å²) in [5, 5.41) is 14.0. The summed E-state index contributed by atoms with van der Waals surface area (Å²) < 4.78 is 5.66. The fraction of sp³-hybridized carbons (Fsp3) is 0.333. The number of aryl methyl sites for hydroxylation is 2. The number of hydrogen-bond donors (Lipinski definition) is 2. The summed E-state index contributed by atoms with van der Waals surface area (Å²) in [7, 11) is 0. The van der Waals surface area contributed by atoms with Gasteiger partial charge in [0, 0.05) is 28.9 Å². The van der Waals surface area contributed by atoms with Crippen LogP contribution in [0.4, 0.5) is 0 Å². The fourth-order valence-electron chi connectivity index (χ4n) is 3.45. The second kappa shape index (κ2) is 6.72. The molecule has 2 aromatic heterocycles. The van der Waals surface area contributed by atoms with Crippen LogP contribution in [0.1, 0.15) is 33.4 Å². The number of nitrogens with one attached hydrogen (secondary N) is 2. The predicted molar refractivity (Wildman–Crippen MR) is 94.5 cm³/mol. The molecule has 8 heteroatoms. The number of aromatic amines is 2. The molecular weight excluding hydrogens is 332 g/mol. The van der Waals surface area contributed by atoms with E-state index >= 15 is 0 Å². The maximum absolute atomic E-state index is 13.2. The molecule has 8 nitrogen and oxygen atoms in total. The van der Waals surface area contributed by atoms with Gasteiger partial charge in [0.15, 0.2) is 5.82 Å². The highest BCUT2D eigenvalue weighted by Crippen LogP contribution is 2.30. The van der Waals surface area contributed by atoms with E-state index in [2.05, 4.69) is 25.4 Å². The summed E-state index contributed by atoms with van der Waals surface area (Å²) in [4.78, 5) is 19.3. The summed E-state index contributed by atoms with van der Waals surface area (Å²) in [6.07, 6.45) is 1.45. The largest absolute Gasteiger partial charge is 0.377 e. The summed E-state index contributed by atoms with van der Waals surface area (Å²) >= 11 is 0. The van der Waals surface area contributed by atoms with Crippen molar-refractivity contribution in [1.29, 1.82) is 0 Å². The van der Waals surface area contributed by atoms with E-state index in [-0.39, 0.29) is 11.9 Å². The first-order valence-electron chi connectivity index (χ1n) is 8.51. The highest BCUT2D eigenvalue weighted by Gasteiger charge is 2.32. The average molecular weight is 352 g/mol. The Morgan fingerprint density at radius 2 is 2.19 bits per heavy atom. The number of nitrogens with zero attached hydrogens (tertiary/aromatic N) is 4. The van der Waals surface area contributed by atoms with Gasteiger partial charge < -0.3 is 9.64 Å². The van der Waals surface area contributed by atoms with E-state index in [9.17, 15) is 4.79 Å². The lowest BCUT2D eigenvalue weighted by molar-refractivity contribution is -0.00301. The molecule has 1 saturated heterocycles. The van der Waals surface area contributed by atoms with Crippen molar-refractivity contribution in [3.8, 4) is 11.4 Å². The first-order valence-corrected chi connectivity index (χ1v) is 8.51. The van der Waals surface area contributed by atoms with Crippen molar-refractivity contribution >= 4 is 5.91 Å². The number of morpholine rings is 1. The third kappa shape index (κ3) is 2.88. The lowest BCUT2D eigenvalue weighted by Gasteiger charge is -2.36. The highest BCUT2D eigenvalue weighted by molar-refractivity contribution is 5.95. The number of benzene rings is 1. The molecule has 1 aliphatic heterocycles. The molecule has 1 fully saturated rings. The van der Waals surface area contributed by atoms with E-state index in [1.807, 2.05) is 43.0 Å². The number of rotatable bonds is 3. The molecule has 0 bridgehead atoms. The van der Waals surface area contributed by atoms with Gasteiger partial charge in [-0.25, -0.2) is 4.98 Å². The van der Waals surface area contributed by atoms with Crippen LogP contribution in [0.25, 0.3) is 11.4 Å². The number of carbonyl (C=O) groups excluding carboxylic acids is 1. The van der Waals surface area contributed by atoms with Gasteiger partial charge in [0.1, 0.15) is 6.33 Å². The molecule has 1 aliphatic rings. The van der Waals surface area contributed by atoms with Gasteiger partial charge in [-0.3, -0.25) is 15.0 Å². The Balaban J connectivity index is 1.67. The standard InChI is InChI=1S/C18H20N6O2/c1-11-16(12(2)22-21-11)15-9-26-7-6-24(15)18(25)14-5-3-4-13(8-14)17-19-10-20-23-17/h3-5,8,10,15H,6-7,9H2,1-2H3,(H,21,22)(H,19,20,23). The average Bonchev–Trinajstić information content (AvgIpc) is 3.32. The zero-order chi connectivity index (χ0) is 18.1. The van der Waals surface area contributed by atoms with Crippen LogP contribution < -0.4 is 0 Å². The molecule has 0 radical (unpaired) electrons. The molecule has 0 spiro atoms. The Kier molecular flexibility index (Phi) is 4.26. The van der Waals surface area contributed by atoms with Crippen molar-refractivity contribution < 1.29 is 9.53 Å². The van der Waals surface area contributed by atoms with E-state index in [1.165, 1.54) is 6.33 Å². The zero-order valence-corrected chi connectivity index (χ0v) is 14.7. The van der Waals surface area contributed by atoms with Crippen LogP contribution in [0.2, 0.25) is 0 Å². The quantitative estimate of drug-likeness (QED) is 0.751. The van der Waals surface area contributed by atoms with E-state index < -0.39 is 0 Å². The third-order valence-electron chi connectivity index (χ3n) is 4.71. The van der Waals surface area contributed by atoms with Gasteiger partial charge >= 0.3 is 0 Å². The van der Waals surface area contributed by atoms with Crippen LogP contribution >= 0.6 is 0 Å². The Labute approximate surface area is 150 Å². The molecule has 26 heavy (non-hydrogen) atoms. The molecule has 134 valence electrons. The molecular formula is C18H20N6O2. The predicted octanol–water partition coefficient (Wildman–Crippen LogP) is 2.03. The molecule has 1 unspecified atom stereocenters. The molecule has 0 aliphatic carbocycles. The minimum absolute atomic E-state index is 0.0281. The number of amides is 1. The molecule has 0 saturated carbocycles. The van der Waals surface area contributed by atoms with Crippen LogP contribution in [0.15, 0.2) is 30.6 Å². The van der Waals surface area contributed by atoms with Crippen LogP contribution in [0.5, 0.6) is 0 Å². The number of aromatic nitrogens is 5. The Bertz CT molecular complexity index is 898. The summed E-state index contributed by atoms with van der Waals surface area (Å²) in [6, 6.07) is 7.27. The van der Waals surface area contributed by atoms with Gasteiger partial charge in [-0.15, -0.1) is 0 Å². The first kappa shape index (κ1) is 16.5. The summed E-state index contributed by atoms with van der Waals surface area (Å²) in [5.41, 5.74) is 4.33. The van der Waals surface area contributed by atoms with Gasteiger partial charge in [-0.1, -0.05) is 12.1 Å². The first-order chi connectivity index (χ1) is 12.6. The number of hydrogen-bond acceptors (Lipinski definition) is 5. The summed E-state index contributed by atoms with van der Waals surface area (Å²) in [5.74, 6) is 0.611. The van der Waals surface area contributed by atoms with Crippen molar-refractivity contribution in [2.24, 2.45) is 0 Å². The molecule has 4 rings (SSSR count). The lowest BCUT2D eigenvalue weighted by Crippen LogP contribution is -2.43. The number of carbonyl (C=O) groups is 1. The van der Waals surface area contributed by atoms with E-state index in [0.29, 0.717) is 31.1 Å². The maximum Gasteiger partial charge on any atom is 0.254 e. The summed E-state index contributed by atoms with van der Waals surface area (Å²) in [6.45, 7) is 5.45. The van der Waals surface area contributed by atoms with Gasteiger partial charge in [0.25, 0.3) is 5.91 Å². The van der Waals surface area contributed by atoms with Crippen molar-refractivity contribution in [3.63, 3.8) is 0 Å². The van der Waals surface area contributed by atoms with Crippen molar-refractivity contribution in [3.05, 3.63) is 53.1 Å². The topological polar surface area (TPSA) is 99.8 Å². The van der Waals surface area contributed by atoms with Crippen LogP contribution in [0.3, 0.4) is 0 Å². The lowest BCUT2D eigenvalue weighted by atomic mass is 10.0. The van der Waals surface area contributed by atoms with Gasteiger partial charge in [-0.2, -0.15) is 10.2 Å². The Morgan fingerprint density at radius 1 is 1.31 bits per heavy atom. The minimum Gasteiger partial charge on any atom is -0.377 e.